The number of amides is 1. The van der Waals surface area contributed by atoms with E-state index in [-0.39, 0.29) is 11.6 Å². The Morgan fingerprint density at radius 1 is 1.19 bits per heavy atom. The van der Waals surface area contributed by atoms with Crippen LogP contribution in [0.5, 0.6) is 0 Å². The van der Waals surface area contributed by atoms with Crippen molar-refractivity contribution in [2.45, 2.75) is 32.9 Å². The van der Waals surface area contributed by atoms with Crippen LogP contribution in [-0.2, 0) is 22.5 Å². The standard InChI is InChI=1S/C24H21N3O4S/c1-14-21-18(12-19(20-8-5-11-32-20)25-22(21)31-26-14)24(29)30-15(2)23(28)27-10-9-16-6-3-4-7-17(16)13-27/h3-8,11-12,15H,9-10,13H2,1-2H3. The Kier molecular flexibility index (Phi) is 5.22. The third-order valence-corrected chi connectivity index (χ3v) is 6.58. The molecule has 4 heterocycles. The van der Waals surface area contributed by atoms with Gasteiger partial charge in [-0.1, -0.05) is 35.5 Å². The van der Waals surface area contributed by atoms with Gasteiger partial charge >= 0.3 is 5.97 Å². The van der Waals surface area contributed by atoms with Crippen molar-refractivity contribution in [2.75, 3.05) is 6.54 Å². The minimum absolute atomic E-state index is 0.210. The van der Waals surface area contributed by atoms with Crippen LogP contribution in [0.3, 0.4) is 0 Å². The molecule has 5 rings (SSSR count). The average Bonchev–Trinajstić information content (AvgIpc) is 3.48. The molecular formula is C24H21N3O4S. The molecule has 1 aliphatic heterocycles. The number of esters is 1. The van der Waals surface area contributed by atoms with E-state index in [1.165, 1.54) is 16.9 Å². The molecule has 1 aromatic carbocycles. The quantitative estimate of drug-likeness (QED) is 0.431. The number of aromatic nitrogens is 2. The first kappa shape index (κ1) is 20.4. The van der Waals surface area contributed by atoms with Crippen LogP contribution in [0.25, 0.3) is 21.7 Å². The maximum atomic E-state index is 13.1. The predicted octanol–water partition coefficient (Wildman–Crippen LogP) is 4.39. The summed E-state index contributed by atoms with van der Waals surface area (Å²) >= 11 is 1.51. The Hall–Kier alpha value is -3.52. The van der Waals surface area contributed by atoms with Crippen molar-refractivity contribution in [1.29, 1.82) is 0 Å². The number of rotatable bonds is 4. The molecule has 162 valence electrons. The van der Waals surface area contributed by atoms with Crippen molar-refractivity contribution in [3.63, 3.8) is 0 Å². The first-order chi connectivity index (χ1) is 15.5. The van der Waals surface area contributed by atoms with Crippen molar-refractivity contribution in [1.82, 2.24) is 15.0 Å². The summed E-state index contributed by atoms with van der Waals surface area (Å²) < 4.78 is 10.9. The van der Waals surface area contributed by atoms with Crippen LogP contribution in [0.4, 0.5) is 0 Å². The highest BCUT2D eigenvalue weighted by molar-refractivity contribution is 7.13. The van der Waals surface area contributed by atoms with Gasteiger partial charge in [0.1, 0.15) is 0 Å². The largest absolute Gasteiger partial charge is 0.449 e. The van der Waals surface area contributed by atoms with Gasteiger partial charge in [-0.2, -0.15) is 0 Å². The van der Waals surface area contributed by atoms with Crippen molar-refractivity contribution < 1.29 is 18.8 Å². The van der Waals surface area contributed by atoms with Crippen LogP contribution >= 0.6 is 11.3 Å². The van der Waals surface area contributed by atoms with E-state index in [4.69, 9.17) is 9.26 Å². The molecule has 1 atom stereocenters. The summed E-state index contributed by atoms with van der Waals surface area (Å²) in [6.45, 7) is 4.48. The summed E-state index contributed by atoms with van der Waals surface area (Å²) in [5.41, 5.74) is 4.09. The number of thiophene rings is 1. The number of carbonyl (C=O) groups is 2. The Morgan fingerprint density at radius 2 is 2.00 bits per heavy atom. The molecule has 0 spiro atoms. The van der Waals surface area contributed by atoms with E-state index in [1.54, 1.807) is 24.8 Å². The molecule has 0 saturated carbocycles. The summed E-state index contributed by atoms with van der Waals surface area (Å²) in [6.07, 6.45) is -0.126. The smallest absolute Gasteiger partial charge is 0.339 e. The van der Waals surface area contributed by atoms with Gasteiger partial charge in [-0.15, -0.1) is 11.3 Å². The number of hydrogen-bond acceptors (Lipinski definition) is 7. The van der Waals surface area contributed by atoms with Crippen molar-refractivity contribution >= 4 is 34.3 Å². The number of hydrogen-bond donors (Lipinski definition) is 0. The Morgan fingerprint density at radius 3 is 2.78 bits per heavy atom. The van der Waals surface area contributed by atoms with Gasteiger partial charge in [-0.3, -0.25) is 4.79 Å². The second kappa shape index (κ2) is 8.20. The molecule has 0 N–H and O–H groups in total. The van der Waals surface area contributed by atoms with Crippen molar-refractivity contribution in [3.8, 4) is 10.6 Å². The van der Waals surface area contributed by atoms with Gasteiger partial charge in [0.2, 0.25) is 0 Å². The van der Waals surface area contributed by atoms with E-state index in [9.17, 15) is 9.59 Å². The van der Waals surface area contributed by atoms with Crippen LogP contribution < -0.4 is 0 Å². The Bertz CT molecular complexity index is 1310. The molecule has 32 heavy (non-hydrogen) atoms. The predicted molar refractivity (Wildman–Crippen MR) is 120 cm³/mol. The van der Waals surface area contributed by atoms with Gasteiger partial charge in [-0.25, -0.2) is 9.78 Å². The summed E-state index contributed by atoms with van der Waals surface area (Å²) in [7, 11) is 0. The Labute approximate surface area is 188 Å². The highest BCUT2D eigenvalue weighted by Crippen LogP contribution is 2.30. The molecule has 8 heteroatoms. The number of benzene rings is 1. The first-order valence-corrected chi connectivity index (χ1v) is 11.3. The van der Waals surface area contributed by atoms with Crippen LogP contribution in [0.2, 0.25) is 0 Å². The molecular weight excluding hydrogens is 426 g/mol. The van der Waals surface area contributed by atoms with Crippen LogP contribution in [-0.4, -0.2) is 39.6 Å². The Balaban J connectivity index is 1.39. The molecule has 0 saturated heterocycles. The number of nitrogens with zero attached hydrogens (tertiary/aromatic N) is 3. The fourth-order valence-electron chi connectivity index (χ4n) is 4.02. The van der Waals surface area contributed by atoms with Crippen LogP contribution in [0.15, 0.2) is 52.4 Å². The summed E-state index contributed by atoms with van der Waals surface area (Å²) in [5, 5.41) is 6.39. The second-order valence-corrected chi connectivity index (χ2v) is 8.75. The SMILES string of the molecule is Cc1noc2nc(-c3cccs3)cc(C(=O)OC(C)C(=O)N3CCc4ccccc4C3)c12. The second-order valence-electron chi connectivity index (χ2n) is 7.81. The highest BCUT2D eigenvalue weighted by Gasteiger charge is 2.29. The molecule has 0 radical (unpaired) electrons. The molecule has 7 nitrogen and oxygen atoms in total. The van der Waals surface area contributed by atoms with Gasteiger partial charge in [0.05, 0.1) is 27.2 Å². The lowest BCUT2D eigenvalue weighted by molar-refractivity contribution is -0.140. The first-order valence-electron chi connectivity index (χ1n) is 10.4. The monoisotopic (exact) mass is 447 g/mol. The molecule has 3 aromatic heterocycles. The summed E-state index contributed by atoms with van der Waals surface area (Å²) in [4.78, 5) is 33.3. The number of aryl methyl sites for hydroxylation is 1. The topological polar surface area (TPSA) is 85.5 Å². The third kappa shape index (κ3) is 3.67. The van der Waals surface area contributed by atoms with E-state index in [2.05, 4.69) is 16.2 Å². The fourth-order valence-corrected chi connectivity index (χ4v) is 4.71. The third-order valence-electron chi connectivity index (χ3n) is 5.68. The molecule has 1 amide bonds. The number of pyridine rings is 1. The molecule has 1 aliphatic rings. The van der Waals surface area contributed by atoms with Crippen molar-refractivity contribution in [2.24, 2.45) is 0 Å². The average molecular weight is 448 g/mol. The van der Waals surface area contributed by atoms with Gasteiger partial charge in [0.25, 0.3) is 11.6 Å². The summed E-state index contributed by atoms with van der Waals surface area (Å²) in [6, 6.07) is 13.6. The van der Waals surface area contributed by atoms with Crippen LogP contribution in [0, 0.1) is 6.92 Å². The number of ether oxygens (including phenoxy) is 1. The lowest BCUT2D eigenvalue weighted by atomic mass is 9.99. The van der Waals surface area contributed by atoms with Gasteiger partial charge in [0.15, 0.2) is 6.10 Å². The van der Waals surface area contributed by atoms with Gasteiger partial charge < -0.3 is 14.2 Å². The fraction of sp³-hybridized carbons (Fsp3) is 0.250. The number of carbonyl (C=O) groups excluding carboxylic acids is 2. The zero-order chi connectivity index (χ0) is 22.2. The molecule has 0 bridgehead atoms. The van der Waals surface area contributed by atoms with E-state index in [0.717, 1.165) is 16.9 Å². The molecule has 0 fully saturated rings. The normalized spacial score (nSPS) is 14.2. The van der Waals surface area contributed by atoms with Gasteiger partial charge in [0, 0.05) is 13.1 Å². The maximum absolute atomic E-state index is 13.1. The molecule has 4 aromatic rings. The highest BCUT2D eigenvalue weighted by atomic mass is 32.1. The molecule has 0 aliphatic carbocycles. The van der Waals surface area contributed by atoms with E-state index >= 15 is 0 Å². The van der Waals surface area contributed by atoms with E-state index in [1.807, 2.05) is 35.7 Å². The zero-order valence-electron chi connectivity index (χ0n) is 17.7. The van der Waals surface area contributed by atoms with E-state index in [0.29, 0.717) is 35.4 Å². The summed E-state index contributed by atoms with van der Waals surface area (Å²) in [5.74, 6) is -0.807. The van der Waals surface area contributed by atoms with Crippen molar-refractivity contribution in [3.05, 3.63) is 70.2 Å². The number of fused-ring (bicyclic) bond motifs is 2. The van der Waals surface area contributed by atoms with Gasteiger partial charge in [-0.05, 0) is 48.9 Å². The van der Waals surface area contributed by atoms with E-state index < -0.39 is 12.1 Å². The zero-order valence-corrected chi connectivity index (χ0v) is 18.5. The lowest BCUT2D eigenvalue weighted by Crippen LogP contribution is -2.42. The lowest BCUT2D eigenvalue weighted by Gasteiger charge is -2.30. The minimum atomic E-state index is -0.915. The molecule has 1 unspecified atom stereocenters. The minimum Gasteiger partial charge on any atom is -0.449 e. The maximum Gasteiger partial charge on any atom is 0.339 e. The van der Waals surface area contributed by atoms with Crippen LogP contribution in [0.1, 0.15) is 34.1 Å².